The van der Waals surface area contributed by atoms with Gasteiger partial charge in [0.1, 0.15) is 17.3 Å². The molecule has 0 bridgehead atoms. The number of hydrogen-bond acceptors (Lipinski definition) is 5. The molecule has 180 valence electrons. The molecule has 0 aliphatic heterocycles. The van der Waals surface area contributed by atoms with Gasteiger partial charge in [-0.15, -0.1) is 11.3 Å². The van der Waals surface area contributed by atoms with Gasteiger partial charge in [-0.25, -0.2) is 9.38 Å². The van der Waals surface area contributed by atoms with Gasteiger partial charge in [-0.05, 0) is 61.9 Å². The van der Waals surface area contributed by atoms with Crippen molar-refractivity contribution in [3.05, 3.63) is 63.5 Å². The second kappa shape index (κ2) is 14.9. The highest BCUT2D eigenvalue weighted by molar-refractivity contribution is 7.07. The normalized spacial score (nSPS) is 11.3. The standard InChI is InChI=1S/C19H18ClFN2OS.C6H15NO/c1-3-10-23-17(13-4-7-15(21)8-5-13)12-25-19(23)22-16-9-6-14(20)11-18(16)24-2;1-3-7-5-6-8-4-2/h4-9,11-12H,3,10H2,1-2H3;7H,3-6H2,1-2H3. The second-order valence-corrected chi connectivity index (χ2v) is 8.31. The molecule has 0 spiro atoms. The van der Waals surface area contributed by atoms with Gasteiger partial charge < -0.3 is 19.4 Å². The predicted octanol–water partition coefficient (Wildman–Crippen LogP) is 6.29. The van der Waals surface area contributed by atoms with E-state index < -0.39 is 0 Å². The van der Waals surface area contributed by atoms with Crippen LogP contribution in [-0.2, 0) is 11.3 Å². The average molecular weight is 494 g/mol. The summed E-state index contributed by atoms with van der Waals surface area (Å²) < 4.78 is 25.8. The minimum Gasteiger partial charge on any atom is -0.494 e. The fraction of sp³-hybridized carbons (Fsp3) is 0.400. The lowest BCUT2D eigenvalue weighted by Crippen LogP contribution is -2.18. The maximum atomic E-state index is 13.2. The van der Waals surface area contributed by atoms with E-state index in [1.165, 1.54) is 12.1 Å². The van der Waals surface area contributed by atoms with Gasteiger partial charge in [0, 0.05) is 36.2 Å². The van der Waals surface area contributed by atoms with Crippen LogP contribution < -0.4 is 14.9 Å². The van der Waals surface area contributed by atoms with E-state index in [0.29, 0.717) is 10.8 Å². The smallest absolute Gasteiger partial charge is 0.190 e. The number of methoxy groups -OCH3 is 1. The van der Waals surface area contributed by atoms with Gasteiger partial charge in [-0.2, -0.15) is 0 Å². The van der Waals surface area contributed by atoms with Crippen LogP contribution in [0.25, 0.3) is 11.3 Å². The SMILES string of the molecule is CCCn1c(-c2ccc(F)cc2)csc1=Nc1ccc(Cl)cc1OC.CCNCCOCC. The van der Waals surface area contributed by atoms with Crippen molar-refractivity contribution in [2.45, 2.75) is 33.7 Å². The van der Waals surface area contributed by atoms with Crippen LogP contribution >= 0.6 is 22.9 Å². The Kier molecular flexibility index (Phi) is 12.2. The molecule has 3 rings (SSSR count). The number of nitrogens with zero attached hydrogens (tertiary/aromatic N) is 2. The maximum absolute atomic E-state index is 13.2. The Morgan fingerprint density at radius 2 is 1.88 bits per heavy atom. The number of hydrogen-bond donors (Lipinski definition) is 1. The van der Waals surface area contributed by atoms with E-state index in [9.17, 15) is 4.39 Å². The lowest BCUT2D eigenvalue weighted by molar-refractivity contribution is 0.149. The molecule has 0 radical (unpaired) electrons. The molecule has 1 N–H and O–H groups in total. The Morgan fingerprint density at radius 1 is 1.12 bits per heavy atom. The van der Waals surface area contributed by atoms with Gasteiger partial charge in [-0.1, -0.05) is 25.4 Å². The van der Waals surface area contributed by atoms with Gasteiger partial charge in [0.2, 0.25) is 0 Å². The molecule has 0 unspecified atom stereocenters. The van der Waals surface area contributed by atoms with Crippen molar-refractivity contribution < 1.29 is 13.9 Å². The molecule has 0 amide bonds. The fourth-order valence-corrected chi connectivity index (χ4v) is 4.13. The Bertz CT molecular complexity index is 1030. The van der Waals surface area contributed by atoms with Crippen molar-refractivity contribution in [3.8, 4) is 17.0 Å². The molecule has 1 aromatic heterocycles. The third kappa shape index (κ3) is 8.59. The summed E-state index contributed by atoms with van der Waals surface area (Å²) in [6.07, 6.45) is 0.968. The predicted molar refractivity (Wildman–Crippen MR) is 136 cm³/mol. The van der Waals surface area contributed by atoms with E-state index in [-0.39, 0.29) is 5.82 Å². The van der Waals surface area contributed by atoms with Crippen LogP contribution in [0.1, 0.15) is 27.2 Å². The van der Waals surface area contributed by atoms with Crippen LogP contribution in [0.3, 0.4) is 0 Å². The molecule has 0 atom stereocenters. The lowest BCUT2D eigenvalue weighted by atomic mass is 10.1. The fourth-order valence-electron chi connectivity index (χ4n) is 3.02. The topological polar surface area (TPSA) is 47.8 Å². The van der Waals surface area contributed by atoms with Gasteiger partial charge in [0.25, 0.3) is 0 Å². The first-order valence-electron chi connectivity index (χ1n) is 11.1. The van der Waals surface area contributed by atoms with Crippen LogP contribution in [-0.4, -0.2) is 38.0 Å². The van der Waals surface area contributed by atoms with Gasteiger partial charge in [-0.3, -0.25) is 0 Å². The molecule has 1 heterocycles. The number of aromatic nitrogens is 1. The highest BCUT2D eigenvalue weighted by Crippen LogP contribution is 2.30. The van der Waals surface area contributed by atoms with Crippen molar-refractivity contribution in [2.75, 3.05) is 33.4 Å². The van der Waals surface area contributed by atoms with Gasteiger partial charge >= 0.3 is 0 Å². The number of rotatable bonds is 10. The summed E-state index contributed by atoms with van der Waals surface area (Å²) in [5, 5.41) is 5.81. The molecule has 0 saturated carbocycles. The largest absolute Gasteiger partial charge is 0.494 e. The Hall–Kier alpha value is -2.19. The molecule has 3 aromatic rings. The number of thiazole rings is 1. The number of likely N-dealkylation sites (N-methyl/N-ethyl adjacent to an activating group) is 1. The summed E-state index contributed by atoms with van der Waals surface area (Å²) in [5.41, 5.74) is 2.72. The first kappa shape index (κ1) is 27.1. The lowest BCUT2D eigenvalue weighted by Gasteiger charge is -2.08. The monoisotopic (exact) mass is 493 g/mol. The second-order valence-electron chi connectivity index (χ2n) is 7.04. The summed E-state index contributed by atoms with van der Waals surface area (Å²) in [7, 11) is 1.60. The number of benzene rings is 2. The van der Waals surface area contributed by atoms with Gasteiger partial charge in [0.05, 0.1) is 19.4 Å². The van der Waals surface area contributed by atoms with Crippen LogP contribution in [0.4, 0.5) is 10.1 Å². The van der Waals surface area contributed by atoms with E-state index in [1.54, 1.807) is 42.7 Å². The Labute approximate surface area is 204 Å². The summed E-state index contributed by atoms with van der Waals surface area (Å²) in [5.74, 6) is 0.393. The molecule has 0 aliphatic rings. The number of nitrogens with one attached hydrogen (secondary N) is 1. The molecule has 0 aliphatic carbocycles. The van der Waals surface area contributed by atoms with E-state index in [4.69, 9.17) is 26.1 Å². The minimum absolute atomic E-state index is 0.239. The maximum Gasteiger partial charge on any atom is 0.190 e. The minimum atomic E-state index is -0.239. The van der Waals surface area contributed by atoms with Crippen LogP contribution in [0.15, 0.2) is 52.8 Å². The molecule has 0 saturated heterocycles. The van der Waals surface area contributed by atoms with Crippen LogP contribution in [0.2, 0.25) is 5.02 Å². The van der Waals surface area contributed by atoms with E-state index in [0.717, 1.165) is 61.0 Å². The first-order chi connectivity index (χ1) is 16.0. The van der Waals surface area contributed by atoms with E-state index in [2.05, 4.69) is 23.7 Å². The third-order valence-electron chi connectivity index (χ3n) is 4.62. The summed E-state index contributed by atoms with van der Waals surface area (Å²) in [6, 6.07) is 11.9. The van der Waals surface area contributed by atoms with Crippen LogP contribution in [0.5, 0.6) is 5.75 Å². The van der Waals surface area contributed by atoms with E-state index >= 15 is 0 Å². The molecule has 33 heavy (non-hydrogen) atoms. The third-order valence-corrected chi connectivity index (χ3v) is 5.72. The van der Waals surface area contributed by atoms with Crippen molar-refractivity contribution in [2.24, 2.45) is 4.99 Å². The van der Waals surface area contributed by atoms with Crippen molar-refractivity contribution in [1.29, 1.82) is 0 Å². The zero-order valence-electron chi connectivity index (χ0n) is 19.7. The molecule has 0 fully saturated rings. The quantitative estimate of drug-likeness (QED) is 0.337. The highest BCUT2D eigenvalue weighted by Gasteiger charge is 2.09. The van der Waals surface area contributed by atoms with Crippen LogP contribution in [0, 0.1) is 5.82 Å². The number of halogens is 2. The van der Waals surface area contributed by atoms with Crippen molar-refractivity contribution in [3.63, 3.8) is 0 Å². The number of ether oxygens (including phenoxy) is 2. The summed E-state index contributed by atoms with van der Waals surface area (Å²) in [4.78, 5) is 5.62. The highest BCUT2D eigenvalue weighted by atomic mass is 35.5. The molecular formula is C25H33ClFN3O2S. The van der Waals surface area contributed by atoms with Gasteiger partial charge in [0.15, 0.2) is 4.80 Å². The zero-order chi connectivity index (χ0) is 24.1. The van der Waals surface area contributed by atoms with Crippen molar-refractivity contribution in [1.82, 2.24) is 9.88 Å². The Morgan fingerprint density at radius 3 is 2.52 bits per heavy atom. The van der Waals surface area contributed by atoms with Crippen molar-refractivity contribution >= 4 is 28.6 Å². The van der Waals surface area contributed by atoms with E-state index in [1.807, 2.05) is 18.4 Å². The molecule has 8 heteroatoms. The summed E-state index contributed by atoms with van der Waals surface area (Å²) in [6.45, 7) is 10.7. The molecular weight excluding hydrogens is 461 g/mol. The first-order valence-corrected chi connectivity index (χ1v) is 12.4. The zero-order valence-corrected chi connectivity index (χ0v) is 21.3. The summed E-state index contributed by atoms with van der Waals surface area (Å²) >= 11 is 7.57. The molecule has 2 aromatic carbocycles. The average Bonchev–Trinajstić information content (AvgIpc) is 3.21. The molecule has 5 nitrogen and oxygen atoms in total. The Balaban J connectivity index is 0.000000414.